The van der Waals surface area contributed by atoms with Gasteiger partial charge in [0.15, 0.2) is 0 Å². The molecule has 3 aromatic rings. The Bertz CT molecular complexity index is 1050. The molecular formula is C23H22ClFN4O. The first-order valence-electron chi connectivity index (χ1n) is 9.70. The van der Waals surface area contributed by atoms with Crippen LogP contribution in [0.5, 0.6) is 0 Å². The number of hydrogen-bond acceptors (Lipinski definition) is 5. The molecular weight excluding hydrogens is 403 g/mol. The molecule has 30 heavy (non-hydrogen) atoms. The zero-order chi connectivity index (χ0) is 21.1. The average Bonchev–Trinajstić information content (AvgIpc) is 2.74. The van der Waals surface area contributed by atoms with Gasteiger partial charge in [-0.1, -0.05) is 18.2 Å². The van der Waals surface area contributed by atoms with Crippen LogP contribution in [-0.4, -0.2) is 41.2 Å². The quantitative estimate of drug-likeness (QED) is 0.575. The van der Waals surface area contributed by atoms with Crippen LogP contribution in [0.3, 0.4) is 0 Å². The number of aryl methyl sites for hydroxylation is 1. The van der Waals surface area contributed by atoms with Crippen LogP contribution in [0.15, 0.2) is 60.9 Å². The molecule has 0 atom stereocenters. The second-order valence-corrected chi connectivity index (χ2v) is 7.48. The van der Waals surface area contributed by atoms with Crippen molar-refractivity contribution in [1.82, 2.24) is 14.9 Å². The highest BCUT2D eigenvalue weighted by atomic mass is 35.5. The molecule has 1 aliphatic rings. The van der Waals surface area contributed by atoms with Crippen molar-refractivity contribution < 1.29 is 9.13 Å². The standard InChI is InChI=1S/C23H22ClFN4O/c1-15-13-18(14-21(24)26-15)20-7-8-22(27-16(2)29-9-11-30-12-10-29)28-23(20)17-3-5-19(25)6-4-17/h3-8,13-14H,2,9-12H2,1H3,(H,27,28). The second kappa shape index (κ2) is 8.81. The maximum atomic E-state index is 13.5. The van der Waals surface area contributed by atoms with Crippen molar-refractivity contribution in [2.24, 2.45) is 0 Å². The molecule has 7 heteroatoms. The summed E-state index contributed by atoms with van der Waals surface area (Å²) in [6, 6.07) is 13.9. The van der Waals surface area contributed by atoms with E-state index in [1.165, 1.54) is 12.1 Å². The Kier molecular flexibility index (Phi) is 5.97. The molecule has 0 spiro atoms. The van der Waals surface area contributed by atoms with Gasteiger partial charge in [0.05, 0.1) is 24.7 Å². The van der Waals surface area contributed by atoms with Crippen molar-refractivity contribution in [2.45, 2.75) is 6.92 Å². The number of benzene rings is 1. The van der Waals surface area contributed by atoms with Crippen LogP contribution in [0.4, 0.5) is 10.2 Å². The molecule has 2 aromatic heterocycles. The minimum atomic E-state index is -0.293. The number of nitrogens with zero attached hydrogens (tertiary/aromatic N) is 3. The van der Waals surface area contributed by atoms with Gasteiger partial charge in [-0.15, -0.1) is 0 Å². The van der Waals surface area contributed by atoms with Crippen LogP contribution in [0.1, 0.15) is 5.69 Å². The van der Waals surface area contributed by atoms with Gasteiger partial charge in [-0.2, -0.15) is 0 Å². The predicted molar refractivity (Wildman–Crippen MR) is 118 cm³/mol. The summed E-state index contributed by atoms with van der Waals surface area (Å²) in [5.74, 6) is 1.14. The molecule has 0 saturated carbocycles. The number of hydrogen-bond donors (Lipinski definition) is 1. The molecule has 154 valence electrons. The smallest absolute Gasteiger partial charge is 0.132 e. The van der Waals surface area contributed by atoms with E-state index in [0.717, 1.165) is 47.0 Å². The maximum absolute atomic E-state index is 13.5. The topological polar surface area (TPSA) is 50.3 Å². The lowest BCUT2D eigenvalue weighted by atomic mass is 9.99. The van der Waals surface area contributed by atoms with Crippen molar-refractivity contribution in [3.63, 3.8) is 0 Å². The number of morpholine rings is 1. The molecule has 1 N–H and O–H groups in total. The summed E-state index contributed by atoms with van der Waals surface area (Å²) in [5, 5.41) is 3.70. The van der Waals surface area contributed by atoms with Gasteiger partial charge in [0.1, 0.15) is 16.8 Å². The largest absolute Gasteiger partial charge is 0.378 e. The van der Waals surface area contributed by atoms with Crippen molar-refractivity contribution in [2.75, 3.05) is 31.6 Å². The van der Waals surface area contributed by atoms with Crippen LogP contribution >= 0.6 is 11.6 Å². The van der Waals surface area contributed by atoms with E-state index in [4.69, 9.17) is 21.3 Å². The number of aromatic nitrogens is 2. The monoisotopic (exact) mass is 424 g/mol. The van der Waals surface area contributed by atoms with Gasteiger partial charge in [0.2, 0.25) is 0 Å². The van der Waals surface area contributed by atoms with Crippen molar-refractivity contribution >= 4 is 17.4 Å². The predicted octanol–water partition coefficient (Wildman–Crippen LogP) is 5.13. The molecule has 0 aliphatic carbocycles. The Labute approximate surface area is 180 Å². The summed E-state index contributed by atoms with van der Waals surface area (Å²) >= 11 is 6.18. The summed E-state index contributed by atoms with van der Waals surface area (Å²) in [6.45, 7) is 8.94. The van der Waals surface area contributed by atoms with Crippen LogP contribution in [0, 0.1) is 12.7 Å². The lowest BCUT2D eigenvalue weighted by Crippen LogP contribution is -2.37. The van der Waals surface area contributed by atoms with Gasteiger partial charge in [-0.3, -0.25) is 0 Å². The second-order valence-electron chi connectivity index (χ2n) is 7.09. The van der Waals surface area contributed by atoms with E-state index in [2.05, 4.69) is 21.8 Å². The van der Waals surface area contributed by atoms with Gasteiger partial charge >= 0.3 is 0 Å². The van der Waals surface area contributed by atoms with E-state index in [0.29, 0.717) is 24.2 Å². The zero-order valence-electron chi connectivity index (χ0n) is 16.7. The molecule has 1 aromatic carbocycles. The Hall–Kier alpha value is -2.96. The van der Waals surface area contributed by atoms with Gasteiger partial charge < -0.3 is 15.0 Å². The molecule has 0 radical (unpaired) electrons. The van der Waals surface area contributed by atoms with Gasteiger partial charge in [0, 0.05) is 29.9 Å². The fraction of sp³-hybridized carbons (Fsp3) is 0.217. The first-order valence-corrected chi connectivity index (χ1v) is 10.1. The third kappa shape index (κ3) is 4.61. The molecule has 1 aliphatic heterocycles. The fourth-order valence-corrected chi connectivity index (χ4v) is 3.68. The highest BCUT2D eigenvalue weighted by molar-refractivity contribution is 6.29. The number of nitrogens with one attached hydrogen (secondary N) is 1. The third-order valence-electron chi connectivity index (χ3n) is 4.91. The number of anilines is 1. The first kappa shape index (κ1) is 20.3. The van der Waals surface area contributed by atoms with Crippen LogP contribution in [-0.2, 0) is 4.74 Å². The molecule has 3 heterocycles. The molecule has 0 unspecified atom stereocenters. The number of ether oxygens (including phenoxy) is 1. The molecule has 1 saturated heterocycles. The Morgan fingerprint density at radius 2 is 1.80 bits per heavy atom. The van der Waals surface area contributed by atoms with Crippen molar-refractivity contribution in [3.05, 3.63) is 77.6 Å². The minimum Gasteiger partial charge on any atom is -0.378 e. The lowest BCUT2D eigenvalue weighted by Gasteiger charge is -2.30. The average molecular weight is 425 g/mol. The highest BCUT2D eigenvalue weighted by Gasteiger charge is 2.15. The molecule has 5 nitrogen and oxygen atoms in total. The molecule has 1 fully saturated rings. The van der Waals surface area contributed by atoms with E-state index >= 15 is 0 Å². The molecule has 4 rings (SSSR count). The maximum Gasteiger partial charge on any atom is 0.132 e. The normalized spacial score (nSPS) is 13.9. The number of pyridine rings is 2. The Morgan fingerprint density at radius 1 is 1.07 bits per heavy atom. The lowest BCUT2D eigenvalue weighted by molar-refractivity contribution is 0.0545. The summed E-state index contributed by atoms with van der Waals surface area (Å²) in [7, 11) is 0. The van der Waals surface area contributed by atoms with Gasteiger partial charge in [-0.05, 0) is 61.0 Å². The first-order chi connectivity index (χ1) is 14.5. The summed E-state index contributed by atoms with van der Waals surface area (Å²) in [5.41, 5.74) is 4.12. The molecule has 0 bridgehead atoms. The van der Waals surface area contributed by atoms with Gasteiger partial charge in [-0.25, -0.2) is 14.4 Å². The third-order valence-corrected chi connectivity index (χ3v) is 5.10. The highest BCUT2D eigenvalue weighted by Crippen LogP contribution is 2.33. The minimum absolute atomic E-state index is 0.293. The number of halogens is 2. The summed E-state index contributed by atoms with van der Waals surface area (Å²) in [4.78, 5) is 11.2. The fourth-order valence-electron chi connectivity index (χ4n) is 3.43. The number of rotatable bonds is 5. The van der Waals surface area contributed by atoms with E-state index < -0.39 is 0 Å². The van der Waals surface area contributed by atoms with E-state index in [9.17, 15) is 4.39 Å². The van der Waals surface area contributed by atoms with E-state index in [1.54, 1.807) is 18.2 Å². The van der Waals surface area contributed by atoms with Crippen LogP contribution in [0.2, 0.25) is 5.15 Å². The summed E-state index contributed by atoms with van der Waals surface area (Å²) in [6.07, 6.45) is 0. The Balaban J connectivity index is 1.73. The van der Waals surface area contributed by atoms with E-state index in [-0.39, 0.29) is 5.82 Å². The summed E-state index contributed by atoms with van der Waals surface area (Å²) < 4.78 is 18.9. The van der Waals surface area contributed by atoms with Crippen LogP contribution < -0.4 is 5.32 Å². The SMILES string of the molecule is C=C(Nc1ccc(-c2cc(C)nc(Cl)c2)c(-c2ccc(F)cc2)n1)N1CCOCC1. The molecule has 0 amide bonds. The van der Waals surface area contributed by atoms with Crippen molar-refractivity contribution in [1.29, 1.82) is 0 Å². The van der Waals surface area contributed by atoms with Gasteiger partial charge in [0.25, 0.3) is 0 Å². The van der Waals surface area contributed by atoms with E-state index in [1.807, 2.05) is 25.1 Å². The Morgan fingerprint density at radius 3 is 2.50 bits per heavy atom. The van der Waals surface area contributed by atoms with Crippen LogP contribution in [0.25, 0.3) is 22.4 Å². The van der Waals surface area contributed by atoms with Crippen molar-refractivity contribution in [3.8, 4) is 22.4 Å². The zero-order valence-corrected chi connectivity index (χ0v) is 17.4.